The van der Waals surface area contributed by atoms with E-state index in [1.54, 1.807) is 30.3 Å². The molecule has 2 aromatic rings. The Hall–Kier alpha value is -3.02. The molecule has 0 aromatic heterocycles. The summed E-state index contributed by atoms with van der Waals surface area (Å²) in [7, 11) is 0. The molecule has 6 N–H and O–H groups in total. The molecule has 0 heterocycles. The van der Waals surface area contributed by atoms with Gasteiger partial charge in [0.1, 0.15) is 18.1 Å². The molecular weight excluding hydrogens is 488 g/mol. The van der Waals surface area contributed by atoms with Gasteiger partial charge in [0.25, 0.3) is 0 Å². The first kappa shape index (κ1) is 28.2. The van der Waals surface area contributed by atoms with Gasteiger partial charge in [0.2, 0.25) is 17.7 Å². The molecule has 2 rings (SSSR count). The Labute approximate surface area is 215 Å². The zero-order valence-corrected chi connectivity index (χ0v) is 20.8. The fraction of sp³-hybridized carbons (Fsp3) is 0.333. The number of carbonyl (C=O) groups excluding carboxylic acids is 3. The topological polar surface area (TPSA) is 151 Å². The summed E-state index contributed by atoms with van der Waals surface area (Å²) < 4.78 is 0. The van der Waals surface area contributed by atoms with Crippen LogP contribution in [0, 0.1) is 0 Å². The molecule has 9 nitrogen and oxygen atoms in total. The van der Waals surface area contributed by atoms with E-state index in [0.717, 1.165) is 11.1 Å². The van der Waals surface area contributed by atoms with Crippen LogP contribution in [-0.4, -0.2) is 64.5 Å². The summed E-state index contributed by atoms with van der Waals surface area (Å²) in [4.78, 5) is 49.6. The molecule has 0 aliphatic rings. The Morgan fingerprint density at radius 2 is 1.09 bits per heavy atom. The molecule has 0 bridgehead atoms. The number of aliphatic carboxylic acids is 1. The average molecular weight is 519 g/mol. The third-order valence-corrected chi connectivity index (χ3v) is 5.89. The van der Waals surface area contributed by atoms with E-state index in [0.29, 0.717) is 0 Å². The smallest absolute Gasteiger partial charge is 0.326 e. The number of carboxylic acid groups (broad SMARTS) is 1. The molecule has 0 spiro atoms. The number of nitrogens with one attached hydrogen (secondary N) is 3. The first-order chi connectivity index (χ1) is 16.7. The number of rotatable bonds is 13. The van der Waals surface area contributed by atoms with Gasteiger partial charge in [-0.3, -0.25) is 14.4 Å². The SMILES string of the molecule is NC(Cc1ccccc1)C(=O)NC(CS)C(=O)NC(CS)C(=O)NC(Cc1ccccc1)C(=O)O. The summed E-state index contributed by atoms with van der Waals surface area (Å²) in [6, 6.07) is 13.8. The third kappa shape index (κ3) is 9.27. The van der Waals surface area contributed by atoms with Gasteiger partial charge in [-0.25, -0.2) is 4.79 Å². The van der Waals surface area contributed by atoms with Crippen LogP contribution in [0.25, 0.3) is 0 Å². The second-order valence-electron chi connectivity index (χ2n) is 7.87. The standard InChI is InChI=1S/C24H30N4O5S2/c25-17(11-15-7-3-1-4-8-15)21(29)27-19(13-34)23(31)28-20(14-35)22(30)26-18(24(32)33)12-16-9-5-2-6-10-16/h1-10,17-20,34-35H,11-14,25H2,(H,26,30)(H,27,29)(H,28,31)(H,32,33). The molecule has 11 heteroatoms. The van der Waals surface area contributed by atoms with Crippen LogP contribution in [-0.2, 0) is 32.0 Å². The van der Waals surface area contributed by atoms with Gasteiger partial charge >= 0.3 is 5.97 Å². The Morgan fingerprint density at radius 1 is 0.686 bits per heavy atom. The fourth-order valence-corrected chi connectivity index (χ4v) is 3.74. The minimum absolute atomic E-state index is 0.0394. The maximum atomic E-state index is 12.7. The van der Waals surface area contributed by atoms with Crippen molar-refractivity contribution in [3.63, 3.8) is 0 Å². The lowest BCUT2D eigenvalue weighted by molar-refractivity contribution is -0.142. The monoisotopic (exact) mass is 518 g/mol. The van der Waals surface area contributed by atoms with E-state index in [2.05, 4.69) is 41.2 Å². The van der Waals surface area contributed by atoms with Crippen LogP contribution in [0.2, 0.25) is 0 Å². The molecule has 0 saturated heterocycles. The molecule has 4 atom stereocenters. The Bertz CT molecular complexity index is 994. The Morgan fingerprint density at radius 3 is 1.51 bits per heavy atom. The van der Waals surface area contributed by atoms with E-state index in [9.17, 15) is 24.3 Å². The van der Waals surface area contributed by atoms with Gasteiger partial charge in [-0.1, -0.05) is 60.7 Å². The van der Waals surface area contributed by atoms with E-state index in [-0.39, 0.29) is 24.3 Å². The van der Waals surface area contributed by atoms with E-state index in [4.69, 9.17) is 5.73 Å². The second kappa shape index (κ2) is 14.4. The van der Waals surface area contributed by atoms with Gasteiger partial charge in [0.15, 0.2) is 0 Å². The van der Waals surface area contributed by atoms with Crippen molar-refractivity contribution in [3.05, 3.63) is 71.8 Å². The van der Waals surface area contributed by atoms with Crippen molar-refractivity contribution < 1.29 is 24.3 Å². The number of carbonyl (C=O) groups is 4. The molecule has 0 radical (unpaired) electrons. The summed E-state index contributed by atoms with van der Waals surface area (Å²) in [6.45, 7) is 0. The van der Waals surface area contributed by atoms with Gasteiger partial charge in [-0.2, -0.15) is 25.3 Å². The van der Waals surface area contributed by atoms with Crippen LogP contribution in [0.1, 0.15) is 11.1 Å². The largest absolute Gasteiger partial charge is 0.480 e. The van der Waals surface area contributed by atoms with Crippen LogP contribution < -0.4 is 21.7 Å². The van der Waals surface area contributed by atoms with Crippen LogP contribution in [0.5, 0.6) is 0 Å². The lowest BCUT2D eigenvalue weighted by atomic mass is 10.1. The number of thiol groups is 2. The molecule has 3 amide bonds. The van der Waals surface area contributed by atoms with Gasteiger partial charge in [0, 0.05) is 17.9 Å². The van der Waals surface area contributed by atoms with Crippen molar-refractivity contribution in [1.29, 1.82) is 0 Å². The molecule has 0 saturated carbocycles. The normalized spacial score (nSPS) is 14.1. The first-order valence-electron chi connectivity index (χ1n) is 10.9. The van der Waals surface area contributed by atoms with Gasteiger partial charge < -0.3 is 26.8 Å². The summed E-state index contributed by atoms with van der Waals surface area (Å²) in [5.74, 6) is -3.24. The van der Waals surface area contributed by atoms with E-state index in [1.807, 2.05) is 30.3 Å². The predicted octanol–water partition coefficient (Wildman–Crippen LogP) is 0.198. The second-order valence-corrected chi connectivity index (χ2v) is 8.60. The molecule has 4 unspecified atom stereocenters. The fourth-order valence-electron chi connectivity index (χ4n) is 3.22. The van der Waals surface area contributed by atoms with E-state index >= 15 is 0 Å². The quantitative estimate of drug-likeness (QED) is 0.188. The Balaban J connectivity index is 1.95. The number of nitrogens with two attached hydrogens (primary N) is 1. The zero-order chi connectivity index (χ0) is 25.8. The van der Waals surface area contributed by atoms with Crippen molar-refractivity contribution in [2.24, 2.45) is 5.73 Å². The van der Waals surface area contributed by atoms with Crippen molar-refractivity contribution in [3.8, 4) is 0 Å². The number of carboxylic acids is 1. The highest BCUT2D eigenvalue weighted by Gasteiger charge is 2.29. The zero-order valence-electron chi connectivity index (χ0n) is 19.0. The van der Waals surface area contributed by atoms with Crippen molar-refractivity contribution in [2.45, 2.75) is 37.0 Å². The number of benzene rings is 2. The molecule has 0 fully saturated rings. The average Bonchev–Trinajstić information content (AvgIpc) is 2.86. The lowest BCUT2D eigenvalue weighted by Crippen LogP contribution is -2.58. The highest BCUT2D eigenvalue weighted by atomic mass is 32.1. The van der Waals surface area contributed by atoms with Crippen LogP contribution in [0.4, 0.5) is 0 Å². The first-order valence-corrected chi connectivity index (χ1v) is 12.2. The van der Waals surface area contributed by atoms with E-state index < -0.39 is 47.9 Å². The molecule has 2 aromatic carbocycles. The van der Waals surface area contributed by atoms with Crippen LogP contribution in [0.15, 0.2) is 60.7 Å². The van der Waals surface area contributed by atoms with Crippen molar-refractivity contribution in [2.75, 3.05) is 11.5 Å². The number of hydrogen-bond donors (Lipinski definition) is 7. The minimum atomic E-state index is -1.21. The van der Waals surface area contributed by atoms with Crippen molar-refractivity contribution in [1.82, 2.24) is 16.0 Å². The van der Waals surface area contributed by atoms with Crippen molar-refractivity contribution >= 4 is 48.9 Å². The molecule has 0 aliphatic heterocycles. The molecule has 35 heavy (non-hydrogen) atoms. The molecule has 0 aliphatic carbocycles. The predicted molar refractivity (Wildman–Crippen MR) is 139 cm³/mol. The highest BCUT2D eigenvalue weighted by molar-refractivity contribution is 7.80. The highest BCUT2D eigenvalue weighted by Crippen LogP contribution is 2.05. The summed E-state index contributed by atoms with van der Waals surface area (Å²) >= 11 is 8.23. The maximum Gasteiger partial charge on any atom is 0.326 e. The van der Waals surface area contributed by atoms with Gasteiger partial charge in [-0.15, -0.1) is 0 Å². The van der Waals surface area contributed by atoms with Crippen LogP contribution in [0.3, 0.4) is 0 Å². The summed E-state index contributed by atoms with van der Waals surface area (Å²) in [6.07, 6.45) is 0.358. The third-order valence-electron chi connectivity index (χ3n) is 5.16. The summed E-state index contributed by atoms with van der Waals surface area (Å²) in [5.41, 5.74) is 7.58. The Kier molecular flexibility index (Phi) is 11.6. The van der Waals surface area contributed by atoms with Gasteiger partial charge in [-0.05, 0) is 17.5 Å². The minimum Gasteiger partial charge on any atom is -0.480 e. The molecular formula is C24H30N4O5S2. The number of hydrogen-bond acceptors (Lipinski definition) is 7. The lowest BCUT2D eigenvalue weighted by Gasteiger charge is -2.23. The maximum absolute atomic E-state index is 12.7. The van der Waals surface area contributed by atoms with Gasteiger partial charge in [0.05, 0.1) is 6.04 Å². The van der Waals surface area contributed by atoms with E-state index in [1.165, 1.54) is 0 Å². The molecule has 188 valence electrons. The number of amides is 3. The van der Waals surface area contributed by atoms with Crippen LogP contribution >= 0.6 is 25.3 Å². The summed E-state index contributed by atoms with van der Waals surface area (Å²) in [5, 5.41) is 17.0.